The van der Waals surface area contributed by atoms with Gasteiger partial charge in [-0.3, -0.25) is 33.6 Å². The highest BCUT2D eigenvalue weighted by Crippen LogP contribution is 2.21. The van der Waals surface area contributed by atoms with Crippen molar-refractivity contribution in [3.05, 3.63) is 71.8 Å². The second-order valence-electron chi connectivity index (χ2n) is 17.7. The molecule has 0 aliphatic carbocycles. The molecule has 0 spiro atoms. The fourth-order valence-corrected chi connectivity index (χ4v) is 8.13. The second-order valence-corrected chi connectivity index (χ2v) is 17.7. The predicted molar refractivity (Wildman–Crippen MR) is 247 cm³/mol. The van der Waals surface area contributed by atoms with Crippen LogP contribution >= 0.6 is 0 Å². The smallest absolute Gasteiger partial charge is 0.326 e. The third kappa shape index (κ3) is 21.2. The lowest BCUT2D eigenvalue weighted by atomic mass is 10.0. The highest BCUT2D eigenvalue weighted by molar-refractivity contribution is 5.95. The molecule has 1 saturated heterocycles. The van der Waals surface area contributed by atoms with Crippen molar-refractivity contribution in [2.45, 2.75) is 172 Å². The molecule has 5 atom stereocenters. The van der Waals surface area contributed by atoms with Crippen LogP contribution in [-0.4, -0.2) is 94.1 Å². The number of benzene rings is 2. The molecule has 1 aliphatic rings. The number of aliphatic carboxylic acids is 1. The molecule has 358 valence electrons. The Morgan fingerprint density at radius 1 is 0.615 bits per heavy atom. The minimum absolute atomic E-state index is 0.0424. The summed E-state index contributed by atoms with van der Waals surface area (Å²) in [7, 11) is 0. The Balaban J connectivity index is 1.26. The number of nitrogens with one attached hydrogen (secondary N) is 4. The lowest BCUT2D eigenvalue weighted by molar-refractivity contribution is -0.142. The molecule has 65 heavy (non-hydrogen) atoms. The Labute approximate surface area is 384 Å². The van der Waals surface area contributed by atoms with Gasteiger partial charge >= 0.3 is 5.97 Å². The summed E-state index contributed by atoms with van der Waals surface area (Å²) in [6.07, 6.45) is 13.6. The molecule has 0 unspecified atom stereocenters. The molecule has 1 fully saturated rings. The van der Waals surface area contributed by atoms with Crippen LogP contribution < -0.4 is 32.7 Å². The molecule has 2 aromatic carbocycles. The number of carboxylic acids is 1. The van der Waals surface area contributed by atoms with Gasteiger partial charge in [0, 0.05) is 32.2 Å². The molecule has 16 heteroatoms. The normalized spacial score (nSPS) is 15.3. The fraction of sp³-hybridized carbons (Fsp3) is 0.592. The summed E-state index contributed by atoms with van der Waals surface area (Å²) in [5.74, 6) is -4.67. The lowest BCUT2D eigenvalue weighted by Crippen LogP contribution is -2.56. The molecule has 0 saturated carbocycles. The first-order valence-electron chi connectivity index (χ1n) is 23.5. The van der Waals surface area contributed by atoms with Gasteiger partial charge in [-0.15, -0.1) is 0 Å². The first-order chi connectivity index (χ1) is 31.1. The lowest BCUT2D eigenvalue weighted by Gasteiger charge is -2.28. The number of carboxylic acid groups (broad SMARTS) is 1. The van der Waals surface area contributed by atoms with E-state index in [1.165, 1.54) is 0 Å². The Morgan fingerprint density at radius 2 is 1.09 bits per heavy atom. The Kier molecular flexibility index (Phi) is 24.4. The van der Waals surface area contributed by atoms with E-state index in [9.17, 15) is 43.5 Å². The fourth-order valence-electron chi connectivity index (χ4n) is 8.13. The number of rotatable bonds is 32. The van der Waals surface area contributed by atoms with E-state index in [4.69, 9.17) is 11.5 Å². The van der Waals surface area contributed by atoms with E-state index in [2.05, 4.69) is 21.3 Å². The number of hydrogen-bond donors (Lipinski definition) is 7. The standard InChI is InChI=1S/C49H73N7O9/c1-34(2)30-38(46(61)53-37(45(51)60)31-35-22-15-13-16-23-35)54-48(63)41-26-21-29-56(41)44(59)28-20-12-10-8-6-4-3-5-7-9-11-19-27-43(58)52-39(33-42(50)57)47(62)55-40(49(64)65)32-36-24-17-14-18-25-36/h13-18,22-25,34,37-41H,3-12,19-21,26-33H2,1-2H3,(H2,50,57)(H2,51,60)(H,52,58)(H,53,61)(H,54,63)(H,55,62)(H,64,65)/t37-,38-,39-,40-,41-/m0/s1. The summed E-state index contributed by atoms with van der Waals surface area (Å²) in [5.41, 5.74) is 12.5. The van der Waals surface area contributed by atoms with Crippen molar-refractivity contribution < 1.29 is 43.5 Å². The summed E-state index contributed by atoms with van der Waals surface area (Å²) in [4.78, 5) is 103. The van der Waals surface area contributed by atoms with Gasteiger partial charge in [0.25, 0.3) is 0 Å². The Bertz CT molecular complexity index is 1830. The molecule has 0 aromatic heterocycles. The van der Waals surface area contributed by atoms with Crippen molar-refractivity contribution in [1.29, 1.82) is 0 Å². The number of carbonyl (C=O) groups is 8. The number of likely N-dealkylation sites (tertiary alicyclic amines) is 1. The van der Waals surface area contributed by atoms with Crippen molar-refractivity contribution >= 4 is 47.3 Å². The first-order valence-corrected chi connectivity index (χ1v) is 23.5. The third-order valence-electron chi connectivity index (χ3n) is 11.7. The van der Waals surface area contributed by atoms with Gasteiger partial charge in [-0.25, -0.2) is 4.79 Å². The molecule has 3 rings (SSSR count). The summed E-state index contributed by atoms with van der Waals surface area (Å²) < 4.78 is 0. The van der Waals surface area contributed by atoms with E-state index < -0.39 is 72.1 Å². The van der Waals surface area contributed by atoms with Gasteiger partial charge in [-0.2, -0.15) is 0 Å². The van der Waals surface area contributed by atoms with Crippen LogP contribution in [0.3, 0.4) is 0 Å². The van der Waals surface area contributed by atoms with E-state index in [0.29, 0.717) is 44.2 Å². The van der Waals surface area contributed by atoms with E-state index in [0.717, 1.165) is 76.2 Å². The van der Waals surface area contributed by atoms with Crippen LogP contribution in [0.2, 0.25) is 0 Å². The average molecular weight is 904 g/mol. The number of nitrogens with two attached hydrogens (primary N) is 2. The molecule has 0 bridgehead atoms. The number of nitrogens with zero attached hydrogens (tertiary/aromatic N) is 1. The van der Waals surface area contributed by atoms with Gasteiger partial charge in [-0.05, 0) is 49.1 Å². The van der Waals surface area contributed by atoms with Crippen LogP contribution in [0.1, 0.15) is 141 Å². The zero-order valence-corrected chi connectivity index (χ0v) is 38.4. The van der Waals surface area contributed by atoms with Crippen LogP contribution in [0.15, 0.2) is 60.7 Å². The van der Waals surface area contributed by atoms with Crippen molar-refractivity contribution in [2.24, 2.45) is 17.4 Å². The zero-order valence-electron chi connectivity index (χ0n) is 38.4. The SMILES string of the molecule is CC(C)C[C@H](NC(=O)[C@@H]1CCCN1C(=O)CCCCCCCCCCCCCCC(=O)N[C@@H](CC(N)=O)C(=O)N[C@@H](Cc1ccccc1)C(=O)O)C(=O)N[C@@H](Cc1ccccc1)C(N)=O. The minimum atomic E-state index is -1.27. The van der Waals surface area contributed by atoms with Crippen LogP contribution in [0.4, 0.5) is 0 Å². The van der Waals surface area contributed by atoms with Crippen LogP contribution in [0, 0.1) is 5.92 Å². The van der Waals surface area contributed by atoms with Crippen molar-refractivity contribution in [1.82, 2.24) is 26.2 Å². The van der Waals surface area contributed by atoms with Crippen molar-refractivity contribution in [3.8, 4) is 0 Å². The Morgan fingerprint density at radius 3 is 1.58 bits per heavy atom. The van der Waals surface area contributed by atoms with Gasteiger partial charge < -0.3 is 42.7 Å². The van der Waals surface area contributed by atoms with E-state index >= 15 is 0 Å². The maximum absolute atomic E-state index is 13.5. The van der Waals surface area contributed by atoms with E-state index in [1.807, 2.05) is 44.2 Å². The molecule has 1 heterocycles. The van der Waals surface area contributed by atoms with Gasteiger partial charge in [0.1, 0.15) is 30.2 Å². The van der Waals surface area contributed by atoms with E-state index in [1.54, 1.807) is 35.2 Å². The highest BCUT2D eigenvalue weighted by Gasteiger charge is 2.36. The number of primary amides is 2. The van der Waals surface area contributed by atoms with Gasteiger partial charge in [-0.1, -0.05) is 139 Å². The van der Waals surface area contributed by atoms with Crippen molar-refractivity contribution in [3.63, 3.8) is 0 Å². The molecular formula is C49H73N7O9. The highest BCUT2D eigenvalue weighted by atomic mass is 16.4. The third-order valence-corrected chi connectivity index (χ3v) is 11.7. The molecule has 0 radical (unpaired) electrons. The molecule has 1 aliphatic heterocycles. The van der Waals surface area contributed by atoms with Crippen molar-refractivity contribution in [2.75, 3.05) is 6.54 Å². The molecule has 16 nitrogen and oxygen atoms in total. The van der Waals surface area contributed by atoms with Crippen LogP contribution in [0.5, 0.6) is 0 Å². The first kappa shape index (κ1) is 53.5. The molecular weight excluding hydrogens is 831 g/mol. The molecule has 9 N–H and O–H groups in total. The van der Waals surface area contributed by atoms with Gasteiger partial charge in [0.2, 0.25) is 41.4 Å². The van der Waals surface area contributed by atoms with Gasteiger partial charge in [0.15, 0.2) is 0 Å². The van der Waals surface area contributed by atoms with Gasteiger partial charge in [0.05, 0.1) is 6.42 Å². The minimum Gasteiger partial charge on any atom is -0.480 e. The maximum Gasteiger partial charge on any atom is 0.326 e. The zero-order chi connectivity index (χ0) is 47.6. The second kappa shape index (κ2) is 29.6. The number of unbranched alkanes of at least 4 members (excludes halogenated alkanes) is 11. The summed E-state index contributed by atoms with van der Waals surface area (Å²) in [6.45, 7) is 4.39. The summed E-state index contributed by atoms with van der Waals surface area (Å²) in [5, 5.41) is 20.2. The number of amides is 7. The number of hydrogen-bond acceptors (Lipinski definition) is 8. The summed E-state index contributed by atoms with van der Waals surface area (Å²) in [6, 6.07) is 13.1. The maximum atomic E-state index is 13.5. The Hall–Kier alpha value is -5.80. The van der Waals surface area contributed by atoms with E-state index in [-0.39, 0.29) is 37.0 Å². The van der Waals surface area contributed by atoms with Crippen LogP contribution in [-0.2, 0) is 51.2 Å². The largest absolute Gasteiger partial charge is 0.480 e. The molecule has 2 aromatic rings. The quantitative estimate of drug-likeness (QED) is 0.0514. The number of carbonyl (C=O) groups excluding carboxylic acids is 7. The monoisotopic (exact) mass is 904 g/mol. The average Bonchev–Trinajstić information content (AvgIpc) is 3.76. The topological polar surface area (TPSA) is 260 Å². The van der Waals surface area contributed by atoms with Crippen LogP contribution in [0.25, 0.3) is 0 Å². The summed E-state index contributed by atoms with van der Waals surface area (Å²) >= 11 is 0. The predicted octanol–water partition coefficient (Wildman–Crippen LogP) is 4.35. The molecule has 7 amide bonds.